The zero-order valence-corrected chi connectivity index (χ0v) is 7.30. The Morgan fingerprint density at radius 1 is 0.857 bits per heavy atom. The van der Waals surface area contributed by atoms with Gasteiger partial charge in [-0.2, -0.15) is 7.11 Å². The van der Waals surface area contributed by atoms with Crippen molar-refractivity contribution in [2.45, 2.75) is 0 Å². The molecule has 0 amide bonds. The van der Waals surface area contributed by atoms with E-state index in [4.69, 9.17) is 15.3 Å². The monoisotopic (exact) mass is 118 g/mol. The van der Waals surface area contributed by atoms with Crippen molar-refractivity contribution in [2.24, 2.45) is 0 Å². The first-order valence-corrected chi connectivity index (χ1v) is 1.30. The molecule has 42 valence electrons. The molecule has 0 atom stereocenters. The topological polar surface area (TPSA) is 63.5 Å². The van der Waals surface area contributed by atoms with Gasteiger partial charge >= 0.3 is 29.6 Å². The summed E-state index contributed by atoms with van der Waals surface area (Å²) >= 11 is 0. The van der Waals surface area contributed by atoms with E-state index < -0.39 is 0 Å². The Balaban J connectivity index is -0.00000000900. The number of hydrogen-bond donors (Lipinski definition) is 2. The van der Waals surface area contributed by atoms with Gasteiger partial charge in [-0.1, -0.05) is 0 Å². The average Bonchev–Trinajstić information content (AvgIpc) is 1.81. The maximum absolute atomic E-state index is 8.25. The first-order valence-electron chi connectivity index (χ1n) is 1.30. The third-order valence-corrected chi connectivity index (χ3v) is 0. The van der Waals surface area contributed by atoms with Crippen LogP contribution in [0.5, 0.6) is 0 Å². The van der Waals surface area contributed by atoms with Crippen molar-refractivity contribution in [2.75, 3.05) is 21.3 Å². The predicted molar refractivity (Wildman–Crippen MR) is 22.2 cm³/mol. The molecular weight excluding hydrogens is 107 g/mol. The van der Waals surface area contributed by atoms with Gasteiger partial charge in [-0.15, -0.1) is 0 Å². The zero-order chi connectivity index (χ0) is 6.00. The van der Waals surface area contributed by atoms with Gasteiger partial charge in [0, 0.05) is 14.2 Å². The van der Waals surface area contributed by atoms with Crippen molar-refractivity contribution in [3.63, 3.8) is 0 Å². The molecule has 2 N–H and O–H groups in total. The van der Waals surface area contributed by atoms with Crippen LogP contribution in [0, 0.1) is 0 Å². The maximum Gasteiger partial charge on any atom is 1.00 e. The summed E-state index contributed by atoms with van der Waals surface area (Å²) in [6.45, 7) is 0. The molecule has 0 aromatic rings. The Kier molecular flexibility index (Phi) is 1090. The van der Waals surface area contributed by atoms with E-state index in [2.05, 4.69) is 0 Å². The van der Waals surface area contributed by atoms with Crippen molar-refractivity contribution < 1.29 is 44.9 Å². The third kappa shape index (κ3) is 212. The van der Waals surface area contributed by atoms with Crippen molar-refractivity contribution in [3.05, 3.63) is 0 Å². The summed E-state index contributed by atoms with van der Waals surface area (Å²) in [4.78, 5) is 0. The van der Waals surface area contributed by atoms with E-state index in [1.54, 1.807) is 0 Å². The molecule has 0 aliphatic carbocycles. The molecule has 7 heavy (non-hydrogen) atoms. The molecule has 3 nitrogen and oxygen atoms in total. The van der Waals surface area contributed by atoms with Crippen LogP contribution < -0.4 is 34.7 Å². The SMILES string of the molecule is CO.CO.C[O-].[Na+]. The molecule has 0 bridgehead atoms. The van der Waals surface area contributed by atoms with Gasteiger partial charge in [-0.05, 0) is 0 Å². The van der Waals surface area contributed by atoms with Crippen LogP contribution in [0.25, 0.3) is 0 Å². The molecule has 0 aliphatic heterocycles. The zero-order valence-electron chi connectivity index (χ0n) is 5.30. The minimum absolute atomic E-state index is 0. The van der Waals surface area contributed by atoms with Crippen LogP contribution in [0.1, 0.15) is 0 Å². The van der Waals surface area contributed by atoms with Crippen LogP contribution >= 0.6 is 0 Å². The number of hydrogen-bond acceptors (Lipinski definition) is 3. The molecule has 4 heteroatoms. The summed E-state index contributed by atoms with van der Waals surface area (Å²) in [5.74, 6) is 0. The van der Waals surface area contributed by atoms with Crippen LogP contribution in [0.4, 0.5) is 0 Å². The van der Waals surface area contributed by atoms with Crippen molar-refractivity contribution in [1.82, 2.24) is 0 Å². The molecule has 0 aromatic heterocycles. The fourth-order valence-electron chi connectivity index (χ4n) is 0. The number of aliphatic hydroxyl groups is 2. The van der Waals surface area contributed by atoms with E-state index in [0.29, 0.717) is 0 Å². The third-order valence-electron chi connectivity index (χ3n) is 0. The van der Waals surface area contributed by atoms with Gasteiger partial charge in [0.05, 0.1) is 0 Å². The van der Waals surface area contributed by atoms with Gasteiger partial charge < -0.3 is 15.3 Å². The molecule has 0 unspecified atom stereocenters. The van der Waals surface area contributed by atoms with E-state index in [9.17, 15) is 0 Å². The fraction of sp³-hybridized carbons (Fsp3) is 1.00. The van der Waals surface area contributed by atoms with Crippen LogP contribution in [-0.4, -0.2) is 31.5 Å². The molecule has 0 spiro atoms. The van der Waals surface area contributed by atoms with Gasteiger partial charge in [-0.3, -0.25) is 0 Å². The van der Waals surface area contributed by atoms with E-state index in [0.717, 1.165) is 21.3 Å². The standard InChI is InChI=1S/2CH4O.CH3O.Na/c3*1-2;/h2*2H,1H3;1H3;/q;;-1;+1. The number of rotatable bonds is 0. The Morgan fingerprint density at radius 3 is 0.857 bits per heavy atom. The molecule has 0 radical (unpaired) electrons. The van der Waals surface area contributed by atoms with E-state index in [-0.39, 0.29) is 29.6 Å². The minimum atomic E-state index is 0. The van der Waals surface area contributed by atoms with Gasteiger partial charge in [0.25, 0.3) is 0 Å². The van der Waals surface area contributed by atoms with Gasteiger partial charge in [0.15, 0.2) is 0 Å². The second-order valence-electron chi connectivity index (χ2n) is 0. The molecule has 0 saturated carbocycles. The van der Waals surface area contributed by atoms with Gasteiger partial charge in [0.2, 0.25) is 0 Å². The summed E-state index contributed by atoms with van der Waals surface area (Å²) < 4.78 is 0. The minimum Gasteiger partial charge on any atom is -0.857 e. The molecule has 0 aliphatic rings. The quantitative estimate of drug-likeness (QED) is 0.314. The summed E-state index contributed by atoms with van der Waals surface area (Å²) in [5.41, 5.74) is 0. The Morgan fingerprint density at radius 2 is 0.857 bits per heavy atom. The van der Waals surface area contributed by atoms with Crippen molar-refractivity contribution >= 4 is 0 Å². The molecule has 0 heterocycles. The molecule has 0 rings (SSSR count). The second kappa shape index (κ2) is 307. The van der Waals surface area contributed by atoms with E-state index >= 15 is 0 Å². The summed E-state index contributed by atoms with van der Waals surface area (Å²) in [6, 6.07) is 0. The summed E-state index contributed by atoms with van der Waals surface area (Å²) in [5, 5.41) is 22.2. The van der Waals surface area contributed by atoms with E-state index in [1.165, 1.54) is 0 Å². The fourth-order valence-corrected chi connectivity index (χ4v) is 0. The van der Waals surface area contributed by atoms with E-state index in [1.807, 2.05) is 0 Å². The molecule has 0 fully saturated rings. The summed E-state index contributed by atoms with van der Waals surface area (Å²) in [7, 11) is 2.75. The van der Waals surface area contributed by atoms with Gasteiger partial charge in [-0.25, -0.2) is 0 Å². The Hall–Kier alpha value is 0.880. The molecular formula is C3H11NaO3. The molecule has 0 saturated heterocycles. The van der Waals surface area contributed by atoms with Crippen LogP contribution in [0.2, 0.25) is 0 Å². The van der Waals surface area contributed by atoms with Crippen molar-refractivity contribution in [3.8, 4) is 0 Å². The van der Waals surface area contributed by atoms with Crippen molar-refractivity contribution in [1.29, 1.82) is 0 Å². The largest absolute Gasteiger partial charge is 1.00 e. The molecule has 0 aromatic carbocycles. The maximum atomic E-state index is 8.25. The van der Waals surface area contributed by atoms with Crippen LogP contribution in [0.3, 0.4) is 0 Å². The van der Waals surface area contributed by atoms with Gasteiger partial charge in [0.1, 0.15) is 0 Å². The number of aliphatic hydroxyl groups excluding tert-OH is 2. The Bertz CT molecular complexity index is 10.1. The normalized spacial score (nSPS) is 2.57. The van der Waals surface area contributed by atoms with Crippen LogP contribution in [-0.2, 0) is 0 Å². The Labute approximate surface area is 66.3 Å². The average molecular weight is 118 g/mol. The second-order valence-corrected chi connectivity index (χ2v) is 0. The first kappa shape index (κ1) is 24.8. The smallest absolute Gasteiger partial charge is 0.857 e. The summed E-state index contributed by atoms with van der Waals surface area (Å²) in [6.07, 6.45) is 0. The predicted octanol–water partition coefficient (Wildman–Crippen LogP) is -4.80. The van der Waals surface area contributed by atoms with Crippen LogP contribution in [0.15, 0.2) is 0 Å². The first-order chi connectivity index (χ1) is 3.00.